The number of nitrogens with zero attached hydrogens (tertiary/aromatic N) is 5. The van der Waals surface area contributed by atoms with Crippen LogP contribution >= 0.6 is 11.3 Å². The number of hydrogen-bond donors (Lipinski definition) is 2. The standard InChI is InChI=1S/C16H19N7S/c1-3-15(23-11-19-21-22-23)4-2-13(1)18-9-14-10-24-16(20-14)12-5-7-17-8-6-12/h1-4,10-12,17-18H,5-9H2. The van der Waals surface area contributed by atoms with E-state index >= 15 is 0 Å². The molecule has 24 heavy (non-hydrogen) atoms. The number of tetrazole rings is 1. The van der Waals surface area contributed by atoms with Gasteiger partial charge in [0.05, 0.1) is 22.9 Å². The maximum absolute atomic E-state index is 4.80. The van der Waals surface area contributed by atoms with Crippen LogP contribution in [0.15, 0.2) is 36.0 Å². The zero-order valence-electron chi connectivity index (χ0n) is 13.2. The second kappa shape index (κ2) is 7.06. The predicted molar refractivity (Wildman–Crippen MR) is 93.4 cm³/mol. The van der Waals surface area contributed by atoms with Crippen LogP contribution in [0, 0.1) is 0 Å². The fourth-order valence-corrected chi connectivity index (χ4v) is 3.86. The molecule has 1 fully saturated rings. The van der Waals surface area contributed by atoms with Crippen molar-refractivity contribution in [3.63, 3.8) is 0 Å². The molecule has 0 saturated carbocycles. The van der Waals surface area contributed by atoms with E-state index in [1.807, 2.05) is 24.3 Å². The maximum Gasteiger partial charge on any atom is 0.143 e. The van der Waals surface area contributed by atoms with E-state index in [0.717, 1.165) is 36.7 Å². The van der Waals surface area contributed by atoms with Gasteiger partial charge in [0.15, 0.2) is 0 Å². The van der Waals surface area contributed by atoms with Gasteiger partial charge in [-0.2, -0.15) is 0 Å². The van der Waals surface area contributed by atoms with Gasteiger partial charge in [0.1, 0.15) is 6.33 Å². The van der Waals surface area contributed by atoms with E-state index < -0.39 is 0 Å². The zero-order chi connectivity index (χ0) is 16.2. The average molecular weight is 341 g/mol. The van der Waals surface area contributed by atoms with Gasteiger partial charge in [-0.15, -0.1) is 16.4 Å². The maximum atomic E-state index is 4.80. The highest BCUT2D eigenvalue weighted by atomic mass is 32.1. The summed E-state index contributed by atoms with van der Waals surface area (Å²) in [5, 5.41) is 21.4. The number of benzene rings is 1. The lowest BCUT2D eigenvalue weighted by atomic mass is 9.99. The van der Waals surface area contributed by atoms with E-state index in [-0.39, 0.29) is 0 Å². The summed E-state index contributed by atoms with van der Waals surface area (Å²) < 4.78 is 1.63. The van der Waals surface area contributed by atoms with Gasteiger partial charge in [0.2, 0.25) is 0 Å². The molecule has 0 atom stereocenters. The van der Waals surface area contributed by atoms with Crippen LogP contribution < -0.4 is 10.6 Å². The van der Waals surface area contributed by atoms with Gasteiger partial charge in [0, 0.05) is 17.0 Å². The Bertz CT molecular complexity index is 760. The molecule has 0 amide bonds. The molecule has 2 aromatic heterocycles. The summed E-state index contributed by atoms with van der Waals surface area (Å²) in [6.07, 6.45) is 3.97. The first-order valence-electron chi connectivity index (χ1n) is 8.11. The van der Waals surface area contributed by atoms with E-state index in [9.17, 15) is 0 Å². The smallest absolute Gasteiger partial charge is 0.143 e. The van der Waals surface area contributed by atoms with Gasteiger partial charge in [-0.1, -0.05) is 0 Å². The summed E-state index contributed by atoms with van der Waals surface area (Å²) in [5.74, 6) is 0.626. The summed E-state index contributed by atoms with van der Waals surface area (Å²) in [7, 11) is 0. The summed E-state index contributed by atoms with van der Waals surface area (Å²) in [5.41, 5.74) is 3.11. The van der Waals surface area contributed by atoms with Gasteiger partial charge in [-0.25, -0.2) is 9.67 Å². The van der Waals surface area contributed by atoms with Crippen LogP contribution in [0.2, 0.25) is 0 Å². The normalized spacial score (nSPS) is 15.5. The van der Waals surface area contributed by atoms with Crippen molar-refractivity contribution in [3.05, 3.63) is 46.7 Å². The van der Waals surface area contributed by atoms with E-state index in [1.165, 1.54) is 17.8 Å². The molecule has 0 aliphatic carbocycles. The Morgan fingerprint density at radius 2 is 2.04 bits per heavy atom. The summed E-state index contributed by atoms with van der Waals surface area (Å²) in [4.78, 5) is 4.80. The molecule has 1 aliphatic rings. The van der Waals surface area contributed by atoms with Crippen molar-refractivity contribution in [2.45, 2.75) is 25.3 Å². The minimum absolute atomic E-state index is 0.626. The third-order valence-electron chi connectivity index (χ3n) is 4.21. The molecule has 2 N–H and O–H groups in total. The SMILES string of the molecule is c1cc(-n2cnnn2)ccc1NCc1csc(C2CCNCC2)n1. The van der Waals surface area contributed by atoms with Gasteiger partial charge in [-0.3, -0.25) is 0 Å². The Morgan fingerprint density at radius 1 is 1.21 bits per heavy atom. The van der Waals surface area contributed by atoms with Crippen LogP contribution in [0.1, 0.15) is 29.5 Å². The van der Waals surface area contributed by atoms with E-state index in [0.29, 0.717) is 5.92 Å². The first-order valence-corrected chi connectivity index (χ1v) is 8.99. The molecular formula is C16H19N7S. The quantitative estimate of drug-likeness (QED) is 0.740. The molecule has 8 heteroatoms. The fourth-order valence-electron chi connectivity index (χ4n) is 2.86. The van der Waals surface area contributed by atoms with Crippen molar-refractivity contribution >= 4 is 17.0 Å². The highest BCUT2D eigenvalue weighted by Crippen LogP contribution is 2.28. The van der Waals surface area contributed by atoms with Crippen LogP contribution in [0.5, 0.6) is 0 Å². The molecular weight excluding hydrogens is 322 g/mol. The molecule has 7 nitrogen and oxygen atoms in total. The molecule has 3 heterocycles. The molecule has 1 aliphatic heterocycles. The third-order valence-corrected chi connectivity index (χ3v) is 5.27. The first kappa shape index (κ1) is 15.2. The van der Waals surface area contributed by atoms with Crippen LogP contribution in [-0.2, 0) is 6.54 Å². The van der Waals surface area contributed by atoms with Crippen molar-refractivity contribution in [1.29, 1.82) is 0 Å². The molecule has 1 saturated heterocycles. The minimum atomic E-state index is 0.626. The molecule has 0 spiro atoms. The number of aromatic nitrogens is 5. The molecule has 124 valence electrons. The van der Waals surface area contributed by atoms with Crippen LogP contribution in [-0.4, -0.2) is 38.3 Å². The Balaban J connectivity index is 1.36. The first-order chi connectivity index (χ1) is 11.9. The van der Waals surface area contributed by atoms with Gasteiger partial charge < -0.3 is 10.6 Å². The van der Waals surface area contributed by atoms with Crippen molar-refractivity contribution in [2.24, 2.45) is 0 Å². The Labute approximate surface area is 144 Å². The molecule has 0 bridgehead atoms. The van der Waals surface area contributed by atoms with E-state index in [1.54, 1.807) is 22.3 Å². The van der Waals surface area contributed by atoms with E-state index in [4.69, 9.17) is 4.98 Å². The third kappa shape index (κ3) is 3.44. The topological polar surface area (TPSA) is 80.5 Å². The van der Waals surface area contributed by atoms with Crippen LogP contribution in [0.25, 0.3) is 5.69 Å². The van der Waals surface area contributed by atoms with E-state index in [2.05, 4.69) is 31.5 Å². The van der Waals surface area contributed by atoms with Gasteiger partial charge in [0.25, 0.3) is 0 Å². The highest BCUT2D eigenvalue weighted by Gasteiger charge is 2.18. The number of thiazole rings is 1. The Hall–Kier alpha value is -2.32. The number of anilines is 1. The van der Waals surface area contributed by atoms with Crippen LogP contribution in [0.3, 0.4) is 0 Å². The zero-order valence-corrected chi connectivity index (χ0v) is 14.0. The number of hydrogen-bond acceptors (Lipinski definition) is 7. The molecule has 1 aromatic carbocycles. The summed E-state index contributed by atoms with van der Waals surface area (Å²) >= 11 is 1.79. The van der Waals surface area contributed by atoms with Crippen LogP contribution in [0.4, 0.5) is 5.69 Å². The average Bonchev–Trinajstić information content (AvgIpc) is 3.33. The lowest BCUT2D eigenvalue weighted by Gasteiger charge is -2.20. The minimum Gasteiger partial charge on any atom is -0.379 e. The van der Waals surface area contributed by atoms with Crippen molar-refractivity contribution in [2.75, 3.05) is 18.4 Å². The molecule has 4 rings (SSSR count). The summed E-state index contributed by atoms with van der Waals surface area (Å²) in [6.45, 7) is 2.95. The monoisotopic (exact) mass is 341 g/mol. The Kier molecular flexibility index (Phi) is 4.48. The second-order valence-electron chi connectivity index (χ2n) is 5.86. The molecule has 3 aromatic rings. The largest absolute Gasteiger partial charge is 0.379 e. The van der Waals surface area contributed by atoms with Gasteiger partial charge >= 0.3 is 0 Å². The predicted octanol–water partition coefficient (Wildman–Crippen LogP) is 2.20. The lowest BCUT2D eigenvalue weighted by Crippen LogP contribution is -2.26. The number of rotatable bonds is 5. The van der Waals surface area contributed by atoms with Crippen molar-refractivity contribution < 1.29 is 0 Å². The second-order valence-corrected chi connectivity index (χ2v) is 6.75. The van der Waals surface area contributed by atoms with Crippen molar-refractivity contribution in [1.82, 2.24) is 30.5 Å². The molecule has 0 radical (unpaired) electrons. The fraction of sp³-hybridized carbons (Fsp3) is 0.375. The molecule has 0 unspecified atom stereocenters. The summed E-state index contributed by atoms with van der Waals surface area (Å²) in [6, 6.07) is 8.02. The lowest BCUT2D eigenvalue weighted by molar-refractivity contribution is 0.458. The highest BCUT2D eigenvalue weighted by molar-refractivity contribution is 7.09. The Morgan fingerprint density at radius 3 is 2.79 bits per heavy atom. The number of nitrogens with one attached hydrogen (secondary N) is 2. The van der Waals surface area contributed by atoms with Gasteiger partial charge in [-0.05, 0) is 60.6 Å². The van der Waals surface area contributed by atoms with Crippen molar-refractivity contribution in [3.8, 4) is 5.69 Å². The number of piperidine rings is 1.